The predicted octanol–water partition coefficient (Wildman–Crippen LogP) is 3.69. The number of methoxy groups -OCH3 is 2. The summed E-state index contributed by atoms with van der Waals surface area (Å²) in [5.74, 6) is 0.653. The summed E-state index contributed by atoms with van der Waals surface area (Å²) in [5, 5.41) is 2.81. The lowest BCUT2D eigenvalue weighted by Gasteiger charge is -2.18. The third-order valence-electron chi connectivity index (χ3n) is 3.92. The standard InChI is InChI=1S/C22H25NO6/c1-5-28-18-9-7-6-8-17(18)23-22(25)15(2)29-19-12-10-16(14-20(19)26-3)11-13-21(24)27-4/h6-15H,5H2,1-4H3,(H,23,25)/b13-11-/t15-/m0/s1. The lowest BCUT2D eigenvalue weighted by atomic mass is 10.2. The van der Waals surface area contributed by atoms with Gasteiger partial charge in [-0.25, -0.2) is 4.79 Å². The van der Waals surface area contributed by atoms with Gasteiger partial charge in [0.05, 0.1) is 26.5 Å². The number of benzene rings is 2. The minimum Gasteiger partial charge on any atom is -0.493 e. The molecule has 29 heavy (non-hydrogen) atoms. The van der Waals surface area contributed by atoms with E-state index in [2.05, 4.69) is 10.1 Å². The van der Waals surface area contributed by atoms with E-state index in [1.807, 2.05) is 19.1 Å². The number of para-hydroxylation sites is 2. The van der Waals surface area contributed by atoms with Crippen LogP contribution < -0.4 is 19.5 Å². The van der Waals surface area contributed by atoms with Gasteiger partial charge >= 0.3 is 5.97 Å². The Balaban J connectivity index is 2.09. The van der Waals surface area contributed by atoms with Gasteiger partial charge in [-0.2, -0.15) is 0 Å². The maximum atomic E-state index is 12.6. The zero-order valence-electron chi connectivity index (χ0n) is 16.9. The molecule has 2 aromatic carbocycles. The van der Waals surface area contributed by atoms with Crippen LogP contribution in [0, 0.1) is 0 Å². The van der Waals surface area contributed by atoms with E-state index < -0.39 is 12.1 Å². The summed E-state index contributed by atoms with van der Waals surface area (Å²) in [4.78, 5) is 23.8. The molecule has 0 unspecified atom stereocenters. The molecule has 7 nitrogen and oxygen atoms in total. The monoisotopic (exact) mass is 399 g/mol. The number of hydrogen-bond acceptors (Lipinski definition) is 6. The summed E-state index contributed by atoms with van der Waals surface area (Å²) in [5.41, 5.74) is 1.30. The Morgan fingerprint density at radius 3 is 2.52 bits per heavy atom. The Hall–Kier alpha value is -3.48. The van der Waals surface area contributed by atoms with E-state index in [1.54, 1.807) is 43.3 Å². The Bertz CT molecular complexity index is 877. The number of ether oxygens (including phenoxy) is 4. The van der Waals surface area contributed by atoms with E-state index in [0.29, 0.717) is 29.5 Å². The van der Waals surface area contributed by atoms with Crippen LogP contribution in [-0.4, -0.2) is 38.8 Å². The highest BCUT2D eigenvalue weighted by Crippen LogP contribution is 2.30. The maximum absolute atomic E-state index is 12.6. The molecule has 1 atom stereocenters. The molecule has 0 fully saturated rings. The number of hydrogen-bond donors (Lipinski definition) is 1. The normalized spacial score (nSPS) is 11.6. The van der Waals surface area contributed by atoms with Crippen LogP contribution in [0.5, 0.6) is 17.2 Å². The molecular weight excluding hydrogens is 374 g/mol. The van der Waals surface area contributed by atoms with E-state index >= 15 is 0 Å². The van der Waals surface area contributed by atoms with Gasteiger partial charge < -0.3 is 24.3 Å². The number of amides is 1. The SMILES string of the molecule is CCOc1ccccc1NC(=O)[C@H](C)Oc1ccc(/C=C\C(=O)OC)cc1OC. The molecule has 0 aliphatic heterocycles. The maximum Gasteiger partial charge on any atom is 0.330 e. The van der Waals surface area contributed by atoms with Gasteiger partial charge in [-0.05, 0) is 49.8 Å². The Morgan fingerprint density at radius 1 is 1.07 bits per heavy atom. The third kappa shape index (κ3) is 6.27. The van der Waals surface area contributed by atoms with Crippen LogP contribution in [0.2, 0.25) is 0 Å². The number of rotatable bonds is 9. The van der Waals surface area contributed by atoms with Gasteiger partial charge in [0.25, 0.3) is 5.91 Å². The average Bonchev–Trinajstić information content (AvgIpc) is 2.74. The van der Waals surface area contributed by atoms with Crippen LogP contribution in [0.1, 0.15) is 19.4 Å². The Morgan fingerprint density at radius 2 is 1.83 bits per heavy atom. The molecule has 0 spiro atoms. The summed E-state index contributed by atoms with van der Waals surface area (Å²) in [6.45, 7) is 4.01. The Labute approximate surface area is 170 Å². The quantitative estimate of drug-likeness (QED) is 0.512. The van der Waals surface area contributed by atoms with Gasteiger partial charge in [0.15, 0.2) is 17.6 Å². The first-order valence-corrected chi connectivity index (χ1v) is 9.11. The van der Waals surface area contributed by atoms with E-state index in [4.69, 9.17) is 14.2 Å². The van der Waals surface area contributed by atoms with Gasteiger partial charge in [0.2, 0.25) is 0 Å². The molecule has 154 valence electrons. The van der Waals surface area contributed by atoms with Crippen LogP contribution in [0.15, 0.2) is 48.5 Å². The number of anilines is 1. The summed E-state index contributed by atoms with van der Waals surface area (Å²) in [6.07, 6.45) is 2.12. The molecule has 0 heterocycles. The third-order valence-corrected chi connectivity index (χ3v) is 3.92. The predicted molar refractivity (Wildman–Crippen MR) is 110 cm³/mol. The van der Waals surface area contributed by atoms with Gasteiger partial charge in [-0.3, -0.25) is 4.79 Å². The first-order valence-electron chi connectivity index (χ1n) is 9.11. The van der Waals surface area contributed by atoms with Crippen molar-refractivity contribution in [2.75, 3.05) is 26.1 Å². The van der Waals surface area contributed by atoms with E-state index in [9.17, 15) is 9.59 Å². The number of esters is 1. The van der Waals surface area contributed by atoms with Gasteiger partial charge in [0.1, 0.15) is 5.75 Å². The largest absolute Gasteiger partial charge is 0.493 e. The highest BCUT2D eigenvalue weighted by Gasteiger charge is 2.18. The molecule has 0 saturated carbocycles. The molecule has 0 aliphatic carbocycles. The van der Waals surface area contributed by atoms with Crippen molar-refractivity contribution in [3.05, 3.63) is 54.1 Å². The van der Waals surface area contributed by atoms with Crippen molar-refractivity contribution in [2.45, 2.75) is 20.0 Å². The molecular formula is C22H25NO6. The highest BCUT2D eigenvalue weighted by molar-refractivity contribution is 5.95. The molecule has 7 heteroatoms. The van der Waals surface area contributed by atoms with Gasteiger partial charge in [-0.1, -0.05) is 18.2 Å². The molecule has 0 saturated heterocycles. The molecule has 0 aromatic heterocycles. The minimum atomic E-state index is -0.782. The van der Waals surface area contributed by atoms with Crippen LogP contribution >= 0.6 is 0 Å². The first kappa shape index (κ1) is 21.8. The smallest absolute Gasteiger partial charge is 0.330 e. The fourth-order valence-electron chi connectivity index (χ4n) is 2.45. The number of carbonyl (C=O) groups is 2. The van der Waals surface area contributed by atoms with Crippen molar-refractivity contribution in [3.63, 3.8) is 0 Å². The molecule has 2 aromatic rings. The van der Waals surface area contributed by atoms with Crippen LogP contribution in [-0.2, 0) is 14.3 Å². The highest BCUT2D eigenvalue weighted by atomic mass is 16.5. The molecule has 1 N–H and O–H groups in total. The summed E-state index contributed by atoms with van der Waals surface area (Å²) in [6, 6.07) is 12.3. The van der Waals surface area contributed by atoms with Gasteiger partial charge in [-0.15, -0.1) is 0 Å². The lowest BCUT2D eigenvalue weighted by molar-refractivity contribution is -0.134. The second-order valence-corrected chi connectivity index (χ2v) is 5.95. The average molecular weight is 399 g/mol. The molecule has 1 amide bonds. The summed E-state index contributed by atoms with van der Waals surface area (Å²) >= 11 is 0. The van der Waals surface area contributed by atoms with Crippen molar-refractivity contribution in [1.29, 1.82) is 0 Å². The van der Waals surface area contributed by atoms with Crippen molar-refractivity contribution in [1.82, 2.24) is 0 Å². The van der Waals surface area contributed by atoms with Crippen molar-refractivity contribution < 1.29 is 28.5 Å². The lowest BCUT2D eigenvalue weighted by Crippen LogP contribution is -2.30. The van der Waals surface area contributed by atoms with Crippen LogP contribution in [0.25, 0.3) is 6.08 Å². The first-order chi connectivity index (χ1) is 14.0. The second-order valence-electron chi connectivity index (χ2n) is 5.95. The number of nitrogens with one attached hydrogen (secondary N) is 1. The zero-order valence-corrected chi connectivity index (χ0v) is 16.9. The van der Waals surface area contributed by atoms with Gasteiger partial charge in [0, 0.05) is 6.08 Å². The fraction of sp³-hybridized carbons (Fsp3) is 0.273. The van der Waals surface area contributed by atoms with E-state index in [1.165, 1.54) is 20.3 Å². The van der Waals surface area contributed by atoms with Crippen molar-refractivity contribution >= 4 is 23.6 Å². The van der Waals surface area contributed by atoms with E-state index in [-0.39, 0.29) is 5.91 Å². The van der Waals surface area contributed by atoms with Crippen molar-refractivity contribution in [3.8, 4) is 17.2 Å². The minimum absolute atomic E-state index is 0.325. The van der Waals surface area contributed by atoms with Crippen molar-refractivity contribution in [2.24, 2.45) is 0 Å². The molecule has 0 bridgehead atoms. The van der Waals surface area contributed by atoms with Crippen LogP contribution in [0.3, 0.4) is 0 Å². The fourth-order valence-corrected chi connectivity index (χ4v) is 2.45. The molecule has 0 aliphatic rings. The topological polar surface area (TPSA) is 83.1 Å². The molecule has 2 rings (SSSR count). The summed E-state index contributed by atoms with van der Waals surface area (Å²) < 4.78 is 21.2. The molecule has 0 radical (unpaired) electrons. The summed E-state index contributed by atoms with van der Waals surface area (Å²) in [7, 11) is 2.81. The zero-order chi connectivity index (χ0) is 21.2. The Kier molecular flexibility index (Phi) is 8.09. The van der Waals surface area contributed by atoms with E-state index in [0.717, 1.165) is 5.56 Å². The van der Waals surface area contributed by atoms with Crippen LogP contribution in [0.4, 0.5) is 5.69 Å². The number of carbonyl (C=O) groups excluding carboxylic acids is 2. The second kappa shape index (κ2) is 10.8.